The molecular weight excluding hydrogens is 98.1 g/mol. The van der Waals surface area contributed by atoms with E-state index in [-0.39, 0.29) is 0 Å². The number of aliphatic imine (C=N–C) groups is 1. The minimum Gasteiger partial charge on any atom is -0.272 e. The highest BCUT2D eigenvalue weighted by Gasteiger charge is 1.74. The molecule has 0 radical (unpaired) electrons. The van der Waals surface area contributed by atoms with E-state index >= 15 is 0 Å². The fourth-order valence-electron chi connectivity index (χ4n) is 0.294. The van der Waals surface area contributed by atoms with Gasteiger partial charge < -0.3 is 0 Å². The van der Waals surface area contributed by atoms with Crippen LogP contribution in [0.15, 0.2) is 42.1 Å². The molecule has 0 rings (SSSR count). The first-order valence-electron chi connectivity index (χ1n) is 2.26. The topological polar surface area (TPSA) is 12.4 Å². The van der Waals surface area contributed by atoms with Crippen LogP contribution in [0.1, 0.15) is 0 Å². The van der Waals surface area contributed by atoms with Gasteiger partial charge in [-0.15, -0.1) is 0 Å². The third-order valence-electron chi connectivity index (χ3n) is 0.712. The Labute approximate surface area is 49.8 Å². The summed E-state index contributed by atoms with van der Waals surface area (Å²) in [6.45, 7) is 10.3. The van der Waals surface area contributed by atoms with Gasteiger partial charge in [-0.2, -0.15) is 0 Å². The van der Waals surface area contributed by atoms with Crippen molar-refractivity contribution in [2.75, 3.05) is 0 Å². The lowest BCUT2D eigenvalue weighted by Crippen LogP contribution is -1.63. The SMILES string of the molecule is C=CC(C=C)=CN=C. The summed E-state index contributed by atoms with van der Waals surface area (Å²) >= 11 is 0. The Bertz CT molecular complexity index is 121. The van der Waals surface area contributed by atoms with Gasteiger partial charge in [0.2, 0.25) is 0 Å². The van der Waals surface area contributed by atoms with Gasteiger partial charge in [-0.1, -0.05) is 25.3 Å². The maximum absolute atomic E-state index is 3.52. The van der Waals surface area contributed by atoms with Crippen LogP contribution < -0.4 is 0 Å². The number of nitrogens with zero attached hydrogens (tertiary/aromatic N) is 1. The summed E-state index contributed by atoms with van der Waals surface area (Å²) in [5.74, 6) is 0. The minimum atomic E-state index is 0.889. The van der Waals surface area contributed by atoms with Crippen LogP contribution in [0.2, 0.25) is 0 Å². The number of allylic oxidation sites excluding steroid dienone is 3. The Balaban J connectivity index is 4.05. The summed E-state index contributed by atoms with van der Waals surface area (Å²) in [6.07, 6.45) is 4.93. The zero-order chi connectivity index (χ0) is 6.41. The molecule has 0 saturated carbocycles. The number of rotatable bonds is 3. The molecule has 0 N–H and O–H groups in total. The Hall–Kier alpha value is -1.11. The molecule has 0 bridgehead atoms. The Morgan fingerprint density at radius 3 is 1.88 bits per heavy atom. The Kier molecular flexibility index (Phi) is 3.50. The normalized spacial score (nSPS) is 7.00. The van der Waals surface area contributed by atoms with Crippen LogP contribution in [-0.4, -0.2) is 6.72 Å². The summed E-state index contributed by atoms with van der Waals surface area (Å²) in [4.78, 5) is 3.52. The zero-order valence-corrected chi connectivity index (χ0v) is 4.80. The van der Waals surface area contributed by atoms with Gasteiger partial charge in [-0.3, -0.25) is 4.99 Å². The van der Waals surface area contributed by atoms with E-state index in [2.05, 4.69) is 24.9 Å². The molecule has 42 valence electrons. The van der Waals surface area contributed by atoms with Crippen molar-refractivity contribution < 1.29 is 0 Å². The molecule has 0 amide bonds. The Morgan fingerprint density at radius 1 is 1.25 bits per heavy atom. The van der Waals surface area contributed by atoms with E-state index < -0.39 is 0 Å². The average molecular weight is 107 g/mol. The molecule has 1 heteroatoms. The summed E-state index contributed by atoms with van der Waals surface area (Å²) < 4.78 is 0. The number of hydrogen-bond acceptors (Lipinski definition) is 1. The van der Waals surface area contributed by atoms with Gasteiger partial charge in [0.15, 0.2) is 0 Å². The first kappa shape index (κ1) is 6.89. The molecule has 0 saturated heterocycles. The van der Waals surface area contributed by atoms with Crippen LogP contribution in [0.4, 0.5) is 0 Å². The largest absolute Gasteiger partial charge is 0.272 e. The predicted molar refractivity (Wildman–Crippen MR) is 38.0 cm³/mol. The first-order chi connectivity index (χ1) is 3.85. The van der Waals surface area contributed by atoms with Crippen molar-refractivity contribution in [3.63, 3.8) is 0 Å². The lowest BCUT2D eigenvalue weighted by molar-refractivity contribution is 1.54. The fourth-order valence-corrected chi connectivity index (χ4v) is 0.294. The van der Waals surface area contributed by atoms with Crippen molar-refractivity contribution in [1.82, 2.24) is 0 Å². The van der Waals surface area contributed by atoms with E-state index in [4.69, 9.17) is 0 Å². The molecule has 1 nitrogen and oxygen atoms in total. The van der Waals surface area contributed by atoms with Gasteiger partial charge in [0, 0.05) is 6.20 Å². The van der Waals surface area contributed by atoms with Gasteiger partial charge in [0.1, 0.15) is 0 Å². The van der Waals surface area contributed by atoms with Crippen molar-refractivity contribution in [3.8, 4) is 0 Å². The molecule has 0 spiro atoms. The molecule has 8 heavy (non-hydrogen) atoms. The Morgan fingerprint density at radius 2 is 1.75 bits per heavy atom. The summed E-state index contributed by atoms with van der Waals surface area (Å²) in [5.41, 5.74) is 0.889. The van der Waals surface area contributed by atoms with Crippen LogP contribution in [0.5, 0.6) is 0 Å². The highest BCUT2D eigenvalue weighted by Crippen LogP contribution is 1.94. The summed E-state index contributed by atoms with van der Waals surface area (Å²) in [7, 11) is 0. The molecule has 0 aromatic heterocycles. The summed E-state index contributed by atoms with van der Waals surface area (Å²) in [6, 6.07) is 0. The second-order valence-electron chi connectivity index (χ2n) is 1.22. The van der Waals surface area contributed by atoms with Gasteiger partial charge >= 0.3 is 0 Å². The summed E-state index contributed by atoms with van der Waals surface area (Å²) in [5, 5.41) is 0. The van der Waals surface area contributed by atoms with Crippen molar-refractivity contribution in [2.24, 2.45) is 4.99 Å². The first-order valence-corrected chi connectivity index (χ1v) is 2.26. The van der Waals surface area contributed by atoms with Gasteiger partial charge in [-0.05, 0) is 12.3 Å². The highest BCUT2D eigenvalue weighted by atomic mass is 14.6. The van der Waals surface area contributed by atoms with E-state index in [0.717, 1.165) is 5.57 Å². The van der Waals surface area contributed by atoms with E-state index in [9.17, 15) is 0 Å². The molecule has 0 aliphatic carbocycles. The fraction of sp³-hybridized carbons (Fsp3) is 0. The highest BCUT2D eigenvalue weighted by molar-refractivity contribution is 5.32. The molecule has 0 aromatic carbocycles. The standard InChI is InChI=1S/C7H9N/c1-4-7(5-2)6-8-3/h4-6H,1-3H2. The smallest absolute Gasteiger partial charge is 0.0332 e. The van der Waals surface area contributed by atoms with Crippen LogP contribution in [0.25, 0.3) is 0 Å². The van der Waals surface area contributed by atoms with E-state index in [1.807, 2.05) is 0 Å². The van der Waals surface area contributed by atoms with Gasteiger partial charge in [0.05, 0.1) is 0 Å². The van der Waals surface area contributed by atoms with Crippen molar-refractivity contribution in [3.05, 3.63) is 37.1 Å². The third-order valence-corrected chi connectivity index (χ3v) is 0.712. The zero-order valence-electron chi connectivity index (χ0n) is 4.80. The van der Waals surface area contributed by atoms with Crippen molar-refractivity contribution in [2.45, 2.75) is 0 Å². The lowest BCUT2D eigenvalue weighted by atomic mass is 10.3. The van der Waals surface area contributed by atoms with E-state index in [0.29, 0.717) is 0 Å². The molecule has 0 aromatic rings. The molecule has 0 fully saturated rings. The molecule has 0 atom stereocenters. The number of hydrogen-bond donors (Lipinski definition) is 0. The maximum Gasteiger partial charge on any atom is 0.0332 e. The van der Waals surface area contributed by atoms with Gasteiger partial charge in [-0.25, -0.2) is 0 Å². The van der Waals surface area contributed by atoms with Crippen LogP contribution >= 0.6 is 0 Å². The third kappa shape index (κ3) is 2.13. The van der Waals surface area contributed by atoms with Crippen molar-refractivity contribution >= 4 is 6.72 Å². The van der Waals surface area contributed by atoms with Crippen LogP contribution in [-0.2, 0) is 0 Å². The second kappa shape index (κ2) is 4.06. The second-order valence-corrected chi connectivity index (χ2v) is 1.22. The monoisotopic (exact) mass is 107 g/mol. The molecule has 0 heterocycles. The van der Waals surface area contributed by atoms with Crippen LogP contribution in [0, 0.1) is 0 Å². The molecule has 0 aliphatic heterocycles. The van der Waals surface area contributed by atoms with E-state index in [1.54, 1.807) is 18.4 Å². The predicted octanol–water partition coefficient (Wildman–Crippen LogP) is 1.94. The average Bonchev–Trinajstić information content (AvgIpc) is 1.83. The minimum absolute atomic E-state index is 0.889. The van der Waals surface area contributed by atoms with Gasteiger partial charge in [0.25, 0.3) is 0 Å². The quantitative estimate of drug-likeness (QED) is 0.386. The van der Waals surface area contributed by atoms with Crippen molar-refractivity contribution in [1.29, 1.82) is 0 Å². The molecular formula is C7H9N. The molecule has 0 unspecified atom stereocenters. The molecule has 0 aliphatic rings. The maximum atomic E-state index is 3.52. The van der Waals surface area contributed by atoms with E-state index in [1.165, 1.54) is 0 Å². The van der Waals surface area contributed by atoms with Crippen LogP contribution in [0.3, 0.4) is 0 Å². The lowest BCUT2D eigenvalue weighted by Gasteiger charge is -1.83.